The van der Waals surface area contributed by atoms with E-state index in [-0.39, 0.29) is 0 Å². The third-order valence-electron chi connectivity index (χ3n) is 1.25. The van der Waals surface area contributed by atoms with Gasteiger partial charge in [-0.25, -0.2) is 0 Å². The fraction of sp³-hybridized carbons (Fsp3) is 1.00. The molecular weight excluding hydrogens is 214 g/mol. The van der Waals surface area contributed by atoms with Gasteiger partial charge in [-0.2, -0.15) is 24.4 Å². The second-order valence-electron chi connectivity index (χ2n) is 2.20. The molecule has 0 bridgehead atoms. The van der Waals surface area contributed by atoms with Gasteiger partial charge in [-0.1, -0.05) is 11.9 Å². The Bertz CT molecular complexity index is 96.6. The van der Waals surface area contributed by atoms with Crippen LogP contribution in [0.15, 0.2) is 0 Å². The van der Waals surface area contributed by atoms with Crippen molar-refractivity contribution in [2.24, 2.45) is 0 Å². The van der Waals surface area contributed by atoms with Crippen LogP contribution in [0, 0.1) is 0 Å². The fourth-order valence-electron chi connectivity index (χ4n) is 0.612. The lowest BCUT2D eigenvalue weighted by Gasteiger charge is -2.23. The molecule has 0 unspecified atom stereocenters. The normalized spacial score (nSPS) is 18.3. The number of nitrogens with one attached hydrogen (secondary N) is 1. The first-order chi connectivity index (χ1) is 5.43. The minimum Gasteiger partial charge on any atom is -0.254 e. The second-order valence-corrected chi connectivity index (χ2v) is 6.02. The molecule has 0 aromatic rings. The summed E-state index contributed by atoms with van der Waals surface area (Å²) in [7, 11) is 0. The summed E-state index contributed by atoms with van der Waals surface area (Å²) in [6.45, 7) is 0. The molecule has 0 aliphatic carbocycles. The third-order valence-corrected chi connectivity index (χ3v) is 5.48. The van der Waals surface area contributed by atoms with Crippen LogP contribution in [-0.4, -0.2) is 34.1 Å². The quantitative estimate of drug-likeness (QED) is 0.311. The monoisotopic (exact) mass is 227 g/mol. The van der Waals surface area contributed by atoms with E-state index in [1.165, 1.54) is 11.5 Å². The summed E-state index contributed by atoms with van der Waals surface area (Å²) >= 11 is 9.98. The molecule has 0 atom stereocenters. The van der Waals surface area contributed by atoms with E-state index in [4.69, 9.17) is 0 Å². The summed E-state index contributed by atoms with van der Waals surface area (Å²) in [6.07, 6.45) is 0. The lowest BCUT2D eigenvalue weighted by atomic mass is 10.5. The highest BCUT2D eigenvalue weighted by Crippen LogP contribution is 2.27. The molecule has 1 aliphatic heterocycles. The highest BCUT2D eigenvalue weighted by molar-refractivity contribution is 8.07. The van der Waals surface area contributed by atoms with Gasteiger partial charge in [0.05, 0.1) is 5.88 Å². The van der Waals surface area contributed by atoms with E-state index >= 15 is 0 Å². The van der Waals surface area contributed by atoms with Crippen LogP contribution >= 0.6 is 48.1 Å². The first-order valence-corrected chi connectivity index (χ1v) is 7.40. The molecule has 0 radical (unpaired) electrons. The van der Waals surface area contributed by atoms with Gasteiger partial charge in [-0.15, -0.1) is 11.8 Å². The van der Waals surface area contributed by atoms with Gasteiger partial charge in [0.25, 0.3) is 0 Å². The second kappa shape index (κ2) is 6.83. The van der Waals surface area contributed by atoms with Crippen molar-refractivity contribution in [1.82, 2.24) is 4.72 Å². The van der Waals surface area contributed by atoms with Gasteiger partial charge in [-0.3, -0.25) is 4.72 Å². The first kappa shape index (κ1) is 10.4. The summed E-state index contributed by atoms with van der Waals surface area (Å²) in [5.74, 6) is 5.85. The number of hydrogen-bond acceptors (Lipinski definition) is 5. The van der Waals surface area contributed by atoms with Crippen LogP contribution in [-0.2, 0) is 0 Å². The minimum atomic E-state index is 0.872. The van der Waals surface area contributed by atoms with E-state index in [0.717, 1.165) is 22.6 Å². The lowest BCUT2D eigenvalue weighted by molar-refractivity contribution is 1.06. The Morgan fingerprint density at radius 1 is 1.55 bits per heavy atom. The van der Waals surface area contributed by atoms with E-state index in [1.54, 1.807) is 0 Å². The van der Waals surface area contributed by atoms with Gasteiger partial charge in [-0.05, 0) is 5.75 Å². The van der Waals surface area contributed by atoms with Crippen molar-refractivity contribution in [1.29, 1.82) is 0 Å². The van der Waals surface area contributed by atoms with Crippen LogP contribution in [0.5, 0.6) is 0 Å². The van der Waals surface area contributed by atoms with Gasteiger partial charge in [0.1, 0.15) is 0 Å². The fourth-order valence-corrected chi connectivity index (χ4v) is 3.66. The van der Waals surface area contributed by atoms with E-state index < -0.39 is 0 Å². The topological polar surface area (TPSA) is 12.0 Å². The Morgan fingerprint density at radius 3 is 2.91 bits per heavy atom. The molecule has 0 aromatic heterocycles. The third kappa shape index (κ3) is 4.83. The molecule has 1 aliphatic rings. The number of rotatable bonds is 6. The zero-order valence-electron chi connectivity index (χ0n) is 6.28. The zero-order valence-corrected chi connectivity index (χ0v) is 9.63. The van der Waals surface area contributed by atoms with Gasteiger partial charge in [0.2, 0.25) is 0 Å². The minimum absolute atomic E-state index is 0.872. The Kier molecular flexibility index (Phi) is 6.48. The van der Waals surface area contributed by atoms with Crippen molar-refractivity contribution in [3.05, 3.63) is 0 Å². The average Bonchev–Trinajstić information content (AvgIpc) is 1.93. The highest BCUT2D eigenvalue weighted by Gasteiger charge is 2.17. The Hall–Kier alpha value is 1.36. The predicted molar refractivity (Wildman–Crippen MR) is 63.0 cm³/mol. The van der Waals surface area contributed by atoms with Crippen molar-refractivity contribution in [2.75, 3.05) is 28.9 Å². The van der Waals surface area contributed by atoms with Crippen LogP contribution in [0.2, 0.25) is 0 Å². The molecular formula is C6H13NS4. The maximum atomic E-state index is 4.13. The zero-order chi connectivity index (χ0) is 7.94. The van der Waals surface area contributed by atoms with Crippen LogP contribution < -0.4 is 4.72 Å². The predicted octanol–water partition coefficient (Wildman–Crippen LogP) is 1.96. The highest BCUT2D eigenvalue weighted by atomic mass is 32.2. The van der Waals surface area contributed by atoms with Gasteiger partial charge < -0.3 is 0 Å². The first-order valence-electron chi connectivity index (χ1n) is 3.58. The van der Waals surface area contributed by atoms with Crippen LogP contribution in [0.3, 0.4) is 0 Å². The Balaban J connectivity index is 1.73. The molecule has 0 amide bonds. The molecule has 0 aromatic carbocycles. The van der Waals surface area contributed by atoms with E-state index in [9.17, 15) is 0 Å². The van der Waals surface area contributed by atoms with Crippen molar-refractivity contribution < 1.29 is 0 Å². The van der Waals surface area contributed by atoms with Crippen molar-refractivity contribution >= 4 is 48.1 Å². The van der Waals surface area contributed by atoms with Gasteiger partial charge >= 0.3 is 0 Å². The molecule has 1 fully saturated rings. The molecule has 0 spiro atoms. The number of hydrogen-bond donors (Lipinski definition) is 2. The van der Waals surface area contributed by atoms with Gasteiger partial charge in [0, 0.05) is 22.5 Å². The maximum Gasteiger partial charge on any atom is 0.0516 e. The molecule has 1 N–H and O–H groups in total. The maximum absolute atomic E-state index is 4.13. The van der Waals surface area contributed by atoms with E-state index in [0.29, 0.717) is 0 Å². The molecule has 0 saturated carbocycles. The van der Waals surface area contributed by atoms with Crippen molar-refractivity contribution in [3.63, 3.8) is 0 Å². The van der Waals surface area contributed by atoms with E-state index in [2.05, 4.69) is 17.4 Å². The average molecular weight is 227 g/mol. The molecule has 66 valence electrons. The van der Waals surface area contributed by atoms with Crippen LogP contribution in [0.25, 0.3) is 0 Å². The van der Waals surface area contributed by atoms with Crippen molar-refractivity contribution in [3.8, 4) is 0 Å². The molecule has 1 rings (SSSR count). The summed E-state index contributed by atoms with van der Waals surface area (Å²) in [5.41, 5.74) is 0. The standard InChI is InChI=1S/C6H13NS4/c8-1-2-9-5-7-11-6-3-10-4-6/h6-8H,1-5H2. The van der Waals surface area contributed by atoms with E-state index in [1.807, 2.05) is 35.5 Å². The molecule has 5 heteroatoms. The molecule has 1 saturated heterocycles. The molecule has 1 heterocycles. The summed E-state index contributed by atoms with van der Waals surface area (Å²) in [5, 5.41) is 0.872. The molecule has 1 nitrogen and oxygen atoms in total. The van der Waals surface area contributed by atoms with Gasteiger partial charge in [0.15, 0.2) is 0 Å². The van der Waals surface area contributed by atoms with Crippen molar-refractivity contribution in [2.45, 2.75) is 5.25 Å². The number of thioether (sulfide) groups is 2. The summed E-state index contributed by atoms with van der Waals surface area (Å²) in [4.78, 5) is 0. The lowest BCUT2D eigenvalue weighted by Crippen LogP contribution is -2.24. The largest absolute Gasteiger partial charge is 0.254 e. The molecule has 11 heavy (non-hydrogen) atoms. The van der Waals surface area contributed by atoms with Crippen LogP contribution in [0.1, 0.15) is 0 Å². The summed E-state index contributed by atoms with van der Waals surface area (Å²) < 4.78 is 3.35. The Labute approximate surface area is 86.8 Å². The van der Waals surface area contributed by atoms with Crippen LogP contribution in [0.4, 0.5) is 0 Å². The SMILES string of the molecule is SCCSCNSC1CSC1. The summed E-state index contributed by atoms with van der Waals surface area (Å²) in [6, 6.07) is 0. The number of thiol groups is 1. The Morgan fingerprint density at radius 2 is 2.36 bits per heavy atom. The smallest absolute Gasteiger partial charge is 0.0516 e.